The monoisotopic (exact) mass is 259 g/mol. The number of nitrogens with two attached hydrogens (primary N) is 1. The normalized spacial score (nSPS) is 21.4. The number of rotatable bonds is 5. The zero-order chi connectivity index (χ0) is 13.1. The van der Waals surface area contributed by atoms with Gasteiger partial charge in [-0.2, -0.15) is 0 Å². The molecule has 1 fully saturated rings. The van der Waals surface area contributed by atoms with Gasteiger partial charge in [0, 0.05) is 39.3 Å². The Bertz CT molecular complexity index is 262. The first kappa shape index (κ1) is 14.8. The molecule has 1 atom stereocenters. The second-order valence-corrected chi connectivity index (χ2v) is 5.94. The van der Waals surface area contributed by atoms with Crippen LogP contribution in [-0.4, -0.2) is 64.8 Å². The molecular weight excluding hydrogens is 234 g/mol. The van der Waals surface area contributed by atoms with Crippen LogP contribution in [0.4, 0.5) is 0 Å². The molecule has 1 aliphatic rings. The van der Waals surface area contributed by atoms with Crippen molar-refractivity contribution in [3.63, 3.8) is 0 Å². The minimum Gasteiger partial charge on any atom is -0.396 e. The van der Waals surface area contributed by atoms with Crippen LogP contribution in [0.3, 0.4) is 0 Å². The molecule has 1 unspecified atom stereocenters. The van der Waals surface area contributed by atoms with Crippen LogP contribution in [0, 0.1) is 5.92 Å². The maximum absolute atomic E-state index is 9.05. The van der Waals surface area contributed by atoms with Gasteiger partial charge in [-0.3, -0.25) is 4.90 Å². The van der Waals surface area contributed by atoms with Gasteiger partial charge in [-0.1, -0.05) is 19.1 Å². The SMILES string of the molecule is CC(CO)CN1CCN(C(C)(C)C(N)=S)CC1. The zero-order valence-corrected chi connectivity index (χ0v) is 12.0. The number of piperazine rings is 1. The Morgan fingerprint density at radius 3 is 2.29 bits per heavy atom. The molecule has 0 spiro atoms. The van der Waals surface area contributed by atoms with E-state index < -0.39 is 0 Å². The molecule has 5 heteroatoms. The Balaban J connectivity index is 2.43. The molecule has 17 heavy (non-hydrogen) atoms. The molecule has 1 rings (SSSR count). The van der Waals surface area contributed by atoms with Gasteiger partial charge in [0.2, 0.25) is 0 Å². The van der Waals surface area contributed by atoms with Crippen LogP contribution in [0.2, 0.25) is 0 Å². The van der Waals surface area contributed by atoms with Gasteiger partial charge in [-0.15, -0.1) is 0 Å². The Morgan fingerprint density at radius 1 is 1.35 bits per heavy atom. The third-order valence-electron chi connectivity index (χ3n) is 3.65. The van der Waals surface area contributed by atoms with Crippen molar-refractivity contribution < 1.29 is 5.11 Å². The van der Waals surface area contributed by atoms with Gasteiger partial charge >= 0.3 is 0 Å². The maximum Gasteiger partial charge on any atom is 0.0928 e. The minimum absolute atomic E-state index is 0.190. The zero-order valence-electron chi connectivity index (χ0n) is 11.1. The van der Waals surface area contributed by atoms with Gasteiger partial charge in [0.05, 0.1) is 10.5 Å². The molecule has 100 valence electrons. The molecule has 0 radical (unpaired) electrons. The largest absolute Gasteiger partial charge is 0.396 e. The lowest BCUT2D eigenvalue weighted by Crippen LogP contribution is -2.59. The first-order valence-corrected chi connectivity index (χ1v) is 6.67. The fourth-order valence-corrected chi connectivity index (χ4v) is 2.27. The summed E-state index contributed by atoms with van der Waals surface area (Å²) in [5.41, 5.74) is 5.59. The highest BCUT2D eigenvalue weighted by atomic mass is 32.1. The third kappa shape index (κ3) is 3.88. The van der Waals surface area contributed by atoms with Crippen LogP contribution in [0.5, 0.6) is 0 Å². The lowest BCUT2D eigenvalue weighted by atomic mass is 10.0. The van der Waals surface area contributed by atoms with E-state index in [1.165, 1.54) is 0 Å². The predicted molar refractivity (Wildman–Crippen MR) is 75.1 cm³/mol. The number of hydrogen-bond donors (Lipinski definition) is 2. The van der Waals surface area contributed by atoms with E-state index in [0.717, 1.165) is 32.7 Å². The second-order valence-electron chi connectivity index (χ2n) is 5.50. The van der Waals surface area contributed by atoms with Crippen LogP contribution < -0.4 is 5.73 Å². The van der Waals surface area contributed by atoms with Crippen molar-refractivity contribution in [2.45, 2.75) is 26.3 Å². The first-order chi connectivity index (χ1) is 7.87. The van der Waals surface area contributed by atoms with E-state index in [1.807, 2.05) is 0 Å². The predicted octanol–water partition coefficient (Wildman–Crippen LogP) is 0.297. The maximum atomic E-state index is 9.05. The summed E-state index contributed by atoms with van der Waals surface area (Å²) in [4.78, 5) is 5.30. The van der Waals surface area contributed by atoms with Crippen LogP contribution in [0.25, 0.3) is 0 Å². The van der Waals surface area contributed by atoms with Crippen LogP contribution >= 0.6 is 12.2 Å². The van der Waals surface area contributed by atoms with Crippen LogP contribution in [0.15, 0.2) is 0 Å². The standard InChI is InChI=1S/C12H25N3OS/c1-10(9-16)8-14-4-6-15(7-5-14)12(2,3)11(13)17/h10,16H,4-9H2,1-3H3,(H2,13,17). The van der Waals surface area contributed by atoms with E-state index in [4.69, 9.17) is 23.1 Å². The summed E-state index contributed by atoms with van der Waals surface area (Å²) < 4.78 is 0. The van der Waals surface area contributed by atoms with Crippen molar-refractivity contribution in [3.05, 3.63) is 0 Å². The fourth-order valence-electron chi connectivity index (χ4n) is 2.14. The molecule has 4 nitrogen and oxygen atoms in total. The van der Waals surface area contributed by atoms with Crippen LogP contribution in [0.1, 0.15) is 20.8 Å². The molecule has 0 saturated carbocycles. The van der Waals surface area contributed by atoms with Crippen molar-refractivity contribution in [2.24, 2.45) is 11.7 Å². The Morgan fingerprint density at radius 2 is 1.88 bits per heavy atom. The van der Waals surface area contributed by atoms with E-state index in [-0.39, 0.29) is 12.1 Å². The van der Waals surface area contributed by atoms with E-state index in [0.29, 0.717) is 10.9 Å². The summed E-state index contributed by atoms with van der Waals surface area (Å²) in [5.74, 6) is 0.352. The number of aliphatic hydroxyl groups is 1. The molecular formula is C12H25N3OS. The van der Waals surface area contributed by atoms with Gasteiger partial charge in [0.1, 0.15) is 0 Å². The topological polar surface area (TPSA) is 52.7 Å². The number of nitrogens with zero attached hydrogens (tertiary/aromatic N) is 2. The van der Waals surface area contributed by atoms with Gasteiger partial charge in [0.25, 0.3) is 0 Å². The van der Waals surface area contributed by atoms with Crippen molar-refractivity contribution in [1.82, 2.24) is 9.80 Å². The second kappa shape index (κ2) is 6.09. The molecule has 0 aliphatic carbocycles. The summed E-state index contributed by atoms with van der Waals surface area (Å²) in [6.45, 7) is 11.5. The first-order valence-electron chi connectivity index (χ1n) is 6.26. The van der Waals surface area contributed by atoms with Crippen LogP contribution in [-0.2, 0) is 0 Å². The summed E-state index contributed by atoms with van der Waals surface area (Å²) in [6, 6.07) is 0. The fraction of sp³-hybridized carbons (Fsp3) is 0.917. The van der Waals surface area contributed by atoms with Crippen molar-refractivity contribution in [2.75, 3.05) is 39.3 Å². The van der Waals surface area contributed by atoms with E-state index >= 15 is 0 Å². The van der Waals surface area contributed by atoms with Crippen molar-refractivity contribution in [3.8, 4) is 0 Å². The minimum atomic E-state index is -0.190. The quantitative estimate of drug-likeness (QED) is 0.696. The highest BCUT2D eigenvalue weighted by molar-refractivity contribution is 7.80. The summed E-state index contributed by atoms with van der Waals surface area (Å²) >= 11 is 5.12. The van der Waals surface area contributed by atoms with E-state index in [9.17, 15) is 0 Å². The average Bonchev–Trinajstić information content (AvgIpc) is 2.29. The molecule has 1 heterocycles. The Labute approximate surface area is 110 Å². The smallest absolute Gasteiger partial charge is 0.0928 e. The number of aliphatic hydroxyl groups excluding tert-OH is 1. The number of thiocarbonyl (C=S) groups is 1. The number of hydrogen-bond acceptors (Lipinski definition) is 4. The Hall–Kier alpha value is -0.230. The summed E-state index contributed by atoms with van der Waals surface area (Å²) in [5, 5.41) is 9.05. The highest BCUT2D eigenvalue weighted by Gasteiger charge is 2.32. The van der Waals surface area contributed by atoms with Gasteiger partial charge < -0.3 is 15.7 Å². The molecule has 1 aliphatic heterocycles. The summed E-state index contributed by atoms with van der Waals surface area (Å²) in [6.07, 6.45) is 0. The van der Waals surface area contributed by atoms with Gasteiger partial charge in [-0.05, 0) is 19.8 Å². The molecule has 0 aromatic carbocycles. The van der Waals surface area contributed by atoms with Crippen molar-refractivity contribution in [1.29, 1.82) is 0 Å². The molecule has 0 aromatic rings. The average molecular weight is 259 g/mol. The van der Waals surface area contributed by atoms with Gasteiger partial charge in [0.15, 0.2) is 0 Å². The molecule has 0 aromatic heterocycles. The molecule has 1 saturated heterocycles. The van der Waals surface area contributed by atoms with Crippen molar-refractivity contribution >= 4 is 17.2 Å². The van der Waals surface area contributed by atoms with E-state index in [1.54, 1.807) is 0 Å². The highest BCUT2D eigenvalue weighted by Crippen LogP contribution is 2.17. The van der Waals surface area contributed by atoms with E-state index in [2.05, 4.69) is 30.6 Å². The molecule has 0 bridgehead atoms. The molecule has 3 N–H and O–H groups in total. The third-order valence-corrected chi connectivity index (χ3v) is 4.15. The lowest BCUT2D eigenvalue weighted by Gasteiger charge is -2.43. The Kier molecular flexibility index (Phi) is 5.31. The van der Waals surface area contributed by atoms with Gasteiger partial charge in [-0.25, -0.2) is 0 Å². The lowest BCUT2D eigenvalue weighted by molar-refractivity contribution is 0.0708. The summed E-state index contributed by atoms with van der Waals surface area (Å²) in [7, 11) is 0. The molecule has 0 amide bonds.